The molecule has 6 heteroatoms. The number of thioether (sulfide) groups is 1. The van der Waals surface area contributed by atoms with Crippen molar-refractivity contribution in [3.8, 4) is 0 Å². The average Bonchev–Trinajstić information content (AvgIpc) is 2.77. The zero-order chi connectivity index (χ0) is 13.8. The van der Waals surface area contributed by atoms with Crippen LogP contribution in [0.5, 0.6) is 0 Å². The predicted octanol–water partition coefficient (Wildman–Crippen LogP) is 1.69. The first-order chi connectivity index (χ1) is 9.13. The minimum atomic E-state index is -0.172. The van der Waals surface area contributed by atoms with Gasteiger partial charge in [-0.1, -0.05) is 36.0 Å². The van der Waals surface area contributed by atoms with E-state index in [1.165, 1.54) is 17.3 Å². The van der Waals surface area contributed by atoms with Gasteiger partial charge in [0.25, 0.3) is 0 Å². The maximum atomic E-state index is 11.4. The van der Waals surface area contributed by atoms with Crippen molar-refractivity contribution in [3.05, 3.63) is 45.9 Å². The molecule has 1 aromatic heterocycles. The van der Waals surface area contributed by atoms with E-state index < -0.39 is 0 Å². The summed E-state index contributed by atoms with van der Waals surface area (Å²) in [6, 6.07) is 8.02. The first-order valence-electron chi connectivity index (χ1n) is 6.22. The Morgan fingerprint density at radius 1 is 1.47 bits per heavy atom. The summed E-state index contributed by atoms with van der Waals surface area (Å²) in [5.41, 5.74) is 8.34. The van der Waals surface area contributed by atoms with Crippen LogP contribution in [-0.4, -0.2) is 20.5 Å². The molecule has 0 aliphatic carbocycles. The summed E-state index contributed by atoms with van der Waals surface area (Å²) in [6.45, 7) is 4.58. The maximum Gasteiger partial charge on any atom is 0.343 e. The van der Waals surface area contributed by atoms with Gasteiger partial charge in [-0.15, -0.1) is 5.10 Å². The van der Waals surface area contributed by atoms with Crippen molar-refractivity contribution in [2.45, 2.75) is 31.6 Å². The van der Waals surface area contributed by atoms with Gasteiger partial charge in [0, 0.05) is 18.3 Å². The molecule has 0 aliphatic heterocycles. The highest BCUT2D eigenvalue weighted by atomic mass is 32.2. The third-order valence-electron chi connectivity index (χ3n) is 3.02. The van der Waals surface area contributed by atoms with Crippen LogP contribution in [0.3, 0.4) is 0 Å². The van der Waals surface area contributed by atoms with Crippen LogP contribution in [0, 0.1) is 6.92 Å². The summed E-state index contributed by atoms with van der Waals surface area (Å²) in [5, 5.41) is 7.16. The predicted molar refractivity (Wildman–Crippen MR) is 77.4 cm³/mol. The molecule has 1 atom stereocenters. The number of benzene rings is 1. The van der Waals surface area contributed by atoms with E-state index in [4.69, 9.17) is 5.73 Å². The number of rotatable bonds is 5. The number of H-pyrrole nitrogens is 1. The lowest BCUT2D eigenvalue weighted by Gasteiger charge is -2.13. The number of aromatic amines is 1. The fraction of sp³-hybridized carbons (Fsp3) is 0.385. The third-order valence-corrected chi connectivity index (χ3v) is 4.12. The molecule has 2 rings (SSSR count). The molecule has 0 fully saturated rings. The Morgan fingerprint density at radius 2 is 2.21 bits per heavy atom. The Morgan fingerprint density at radius 3 is 2.89 bits per heavy atom. The highest BCUT2D eigenvalue weighted by Crippen LogP contribution is 2.22. The molecule has 5 nitrogen and oxygen atoms in total. The molecule has 102 valence electrons. The van der Waals surface area contributed by atoms with E-state index in [1.54, 1.807) is 4.57 Å². The van der Waals surface area contributed by atoms with Crippen molar-refractivity contribution < 1.29 is 0 Å². The van der Waals surface area contributed by atoms with Crippen molar-refractivity contribution >= 4 is 11.8 Å². The van der Waals surface area contributed by atoms with E-state index in [-0.39, 0.29) is 11.7 Å². The minimum Gasteiger partial charge on any atom is -0.323 e. The van der Waals surface area contributed by atoms with Crippen LogP contribution in [0.25, 0.3) is 0 Å². The summed E-state index contributed by atoms with van der Waals surface area (Å²) in [5.74, 6) is 0.690. The summed E-state index contributed by atoms with van der Waals surface area (Å²) in [6.07, 6.45) is 0. The van der Waals surface area contributed by atoms with Gasteiger partial charge < -0.3 is 5.73 Å². The average molecular weight is 278 g/mol. The first-order valence-corrected chi connectivity index (χ1v) is 7.21. The summed E-state index contributed by atoms with van der Waals surface area (Å²) in [7, 11) is 0. The molecule has 19 heavy (non-hydrogen) atoms. The van der Waals surface area contributed by atoms with Crippen LogP contribution in [0.15, 0.2) is 34.2 Å². The second-order valence-electron chi connectivity index (χ2n) is 4.33. The molecule has 3 N–H and O–H groups in total. The van der Waals surface area contributed by atoms with E-state index in [2.05, 4.69) is 23.2 Å². The molecule has 0 bridgehead atoms. The smallest absolute Gasteiger partial charge is 0.323 e. The topological polar surface area (TPSA) is 76.7 Å². The highest BCUT2D eigenvalue weighted by molar-refractivity contribution is 7.99. The molecule has 0 saturated carbocycles. The number of nitrogens with two attached hydrogens (primary N) is 1. The minimum absolute atomic E-state index is 0.0664. The quantitative estimate of drug-likeness (QED) is 0.816. The van der Waals surface area contributed by atoms with Gasteiger partial charge in [0.2, 0.25) is 0 Å². The van der Waals surface area contributed by atoms with Gasteiger partial charge in [0.1, 0.15) is 0 Å². The second-order valence-corrected chi connectivity index (χ2v) is 5.32. The number of nitrogens with zero attached hydrogens (tertiary/aromatic N) is 2. The molecular formula is C13H18N4OS. The van der Waals surface area contributed by atoms with E-state index in [0.29, 0.717) is 17.5 Å². The molecule has 0 amide bonds. The molecule has 0 aliphatic rings. The number of aryl methyl sites for hydroxylation is 1. The van der Waals surface area contributed by atoms with Gasteiger partial charge >= 0.3 is 5.69 Å². The van der Waals surface area contributed by atoms with E-state index >= 15 is 0 Å². The fourth-order valence-electron chi connectivity index (χ4n) is 1.95. The van der Waals surface area contributed by atoms with Crippen LogP contribution in [0.1, 0.15) is 24.1 Å². The zero-order valence-electron chi connectivity index (χ0n) is 11.1. The summed E-state index contributed by atoms with van der Waals surface area (Å²) >= 11 is 1.50. The Hall–Kier alpha value is -1.53. The van der Waals surface area contributed by atoms with Gasteiger partial charge in [-0.3, -0.25) is 4.57 Å². The largest absolute Gasteiger partial charge is 0.343 e. The van der Waals surface area contributed by atoms with Crippen molar-refractivity contribution in [1.82, 2.24) is 14.8 Å². The van der Waals surface area contributed by atoms with E-state index in [0.717, 1.165) is 5.56 Å². The second kappa shape index (κ2) is 6.08. The number of nitrogens with one attached hydrogen (secondary N) is 1. The van der Waals surface area contributed by atoms with Crippen molar-refractivity contribution in [2.75, 3.05) is 5.75 Å². The van der Waals surface area contributed by atoms with Gasteiger partial charge in [-0.25, -0.2) is 9.89 Å². The monoisotopic (exact) mass is 278 g/mol. The lowest BCUT2D eigenvalue weighted by molar-refractivity contribution is 0.659. The number of aromatic nitrogens is 3. The van der Waals surface area contributed by atoms with Crippen LogP contribution >= 0.6 is 11.8 Å². The van der Waals surface area contributed by atoms with Crippen molar-refractivity contribution in [2.24, 2.45) is 5.73 Å². The molecule has 1 aromatic carbocycles. The molecule has 0 radical (unpaired) electrons. The van der Waals surface area contributed by atoms with Gasteiger partial charge in [0.15, 0.2) is 5.16 Å². The summed E-state index contributed by atoms with van der Waals surface area (Å²) in [4.78, 5) is 11.4. The lowest BCUT2D eigenvalue weighted by Crippen LogP contribution is -2.17. The standard InChI is InChI=1S/C13H18N4OS/c1-3-17-12(18)15-16-13(17)19-8-11(14)10-7-5-4-6-9(10)2/h4-7,11H,3,8,14H2,1-2H3,(H,15,18). The normalized spacial score (nSPS) is 12.6. The third kappa shape index (κ3) is 3.08. The number of hydrogen-bond acceptors (Lipinski definition) is 4. The molecule has 2 aromatic rings. The molecular weight excluding hydrogens is 260 g/mol. The Bertz CT molecular complexity index is 605. The van der Waals surface area contributed by atoms with Crippen LogP contribution < -0.4 is 11.4 Å². The first kappa shape index (κ1) is 13.9. The Kier molecular flexibility index (Phi) is 4.44. The molecule has 1 heterocycles. The summed E-state index contributed by atoms with van der Waals surface area (Å²) < 4.78 is 1.61. The van der Waals surface area contributed by atoms with Crippen molar-refractivity contribution in [1.29, 1.82) is 0 Å². The van der Waals surface area contributed by atoms with Gasteiger partial charge in [-0.2, -0.15) is 0 Å². The van der Waals surface area contributed by atoms with E-state index in [1.807, 2.05) is 25.1 Å². The van der Waals surface area contributed by atoms with Crippen LogP contribution in [0.2, 0.25) is 0 Å². The Balaban J connectivity index is 2.06. The fourth-order valence-corrected chi connectivity index (χ4v) is 2.94. The number of hydrogen-bond donors (Lipinski definition) is 2. The van der Waals surface area contributed by atoms with Crippen molar-refractivity contribution in [3.63, 3.8) is 0 Å². The van der Waals surface area contributed by atoms with Crippen LogP contribution in [-0.2, 0) is 6.54 Å². The lowest BCUT2D eigenvalue weighted by atomic mass is 10.0. The maximum absolute atomic E-state index is 11.4. The molecule has 1 unspecified atom stereocenters. The Labute approximate surface area is 116 Å². The van der Waals surface area contributed by atoms with Gasteiger partial charge in [-0.05, 0) is 25.0 Å². The van der Waals surface area contributed by atoms with E-state index in [9.17, 15) is 4.79 Å². The zero-order valence-corrected chi connectivity index (χ0v) is 11.9. The SMILES string of the molecule is CCn1c(SCC(N)c2ccccc2C)n[nH]c1=O. The molecule has 0 spiro atoms. The highest BCUT2D eigenvalue weighted by Gasteiger charge is 2.12. The molecule has 0 saturated heterocycles. The van der Waals surface area contributed by atoms with Gasteiger partial charge in [0.05, 0.1) is 0 Å². The van der Waals surface area contributed by atoms with Crippen LogP contribution in [0.4, 0.5) is 0 Å².